The van der Waals surface area contributed by atoms with Crippen LogP contribution in [-0.4, -0.2) is 12.3 Å². The molecular weight excluding hydrogens is 261 g/mol. The molecular formula is C15H18FNOS. The number of hydrogen-bond acceptors (Lipinski definition) is 3. The molecule has 4 heteroatoms. The predicted octanol–water partition coefficient (Wildman–Crippen LogP) is 4.25. The third-order valence-electron chi connectivity index (χ3n) is 2.77. The summed E-state index contributed by atoms with van der Waals surface area (Å²) in [6, 6.07) is 10.8. The summed E-state index contributed by atoms with van der Waals surface area (Å²) in [4.78, 5) is 0.678. The summed E-state index contributed by atoms with van der Waals surface area (Å²) in [5, 5.41) is 3.42. The molecule has 0 spiro atoms. The molecule has 2 rings (SSSR count). The van der Waals surface area contributed by atoms with E-state index in [9.17, 15) is 4.39 Å². The van der Waals surface area contributed by atoms with Gasteiger partial charge in [0.2, 0.25) is 0 Å². The Morgan fingerprint density at radius 3 is 2.79 bits per heavy atom. The topological polar surface area (TPSA) is 25.2 Å². The SMILES string of the molecule is CCCNC(CSc1ccccc1F)c1ccco1. The second-order valence-corrected chi connectivity index (χ2v) is 5.33. The Balaban J connectivity index is 1.99. The number of benzene rings is 1. The summed E-state index contributed by atoms with van der Waals surface area (Å²) < 4.78 is 19.0. The first-order chi connectivity index (χ1) is 9.31. The number of hydrogen-bond donors (Lipinski definition) is 1. The minimum atomic E-state index is -0.166. The zero-order valence-electron chi connectivity index (χ0n) is 10.9. The fraction of sp³-hybridized carbons (Fsp3) is 0.333. The Labute approximate surface area is 117 Å². The molecule has 0 aliphatic carbocycles. The highest BCUT2D eigenvalue weighted by Gasteiger charge is 2.14. The Hall–Kier alpha value is -1.26. The monoisotopic (exact) mass is 279 g/mol. The molecule has 1 unspecified atom stereocenters. The average Bonchev–Trinajstić information content (AvgIpc) is 2.94. The average molecular weight is 279 g/mol. The Morgan fingerprint density at radius 2 is 2.11 bits per heavy atom. The van der Waals surface area contributed by atoms with Gasteiger partial charge in [-0.05, 0) is 37.2 Å². The van der Waals surface area contributed by atoms with E-state index in [1.54, 1.807) is 18.4 Å². The lowest BCUT2D eigenvalue weighted by Gasteiger charge is -2.16. The molecule has 0 saturated heterocycles. The first kappa shape index (κ1) is 14.2. The maximum Gasteiger partial charge on any atom is 0.136 e. The van der Waals surface area contributed by atoms with Crippen molar-refractivity contribution in [2.75, 3.05) is 12.3 Å². The fourth-order valence-corrected chi connectivity index (χ4v) is 2.79. The molecule has 0 saturated carbocycles. The summed E-state index contributed by atoms with van der Waals surface area (Å²) in [6.07, 6.45) is 2.73. The van der Waals surface area contributed by atoms with Crippen LogP contribution in [0.3, 0.4) is 0 Å². The van der Waals surface area contributed by atoms with Crippen molar-refractivity contribution in [1.82, 2.24) is 5.32 Å². The van der Waals surface area contributed by atoms with Gasteiger partial charge in [0.05, 0.1) is 12.3 Å². The van der Waals surface area contributed by atoms with Gasteiger partial charge >= 0.3 is 0 Å². The van der Waals surface area contributed by atoms with Crippen molar-refractivity contribution in [3.8, 4) is 0 Å². The molecule has 0 aliphatic rings. The summed E-state index contributed by atoms with van der Waals surface area (Å²) in [5.41, 5.74) is 0. The quantitative estimate of drug-likeness (QED) is 0.767. The Bertz CT molecular complexity index is 487. The van der Waals surface area contributed by atoms with Crippen molar-refractivity contribution in [1.29, 1.82) is 0 Å². The van der Waals surface area contributed by atoms with Crippen LogP contribution in [0, 0.1) is 5.82 Å². The van der Waals surface area contributed by atoms with E-state index in [2.05, 4.69) is 12.2 Å². The van der Waals surface area contributed by atoms with Gasteiger partial charge in [-0.2, -0.15) is 0 Å². The van der Waals surface area contributed by atoms with Gasteiger partial charge in [0.25, 0.3) is 0 Å². The predicted molar refractivity (Wildman–Crippen MR) is 76.9 cm³/mol. The van der Waals surface area contributed by atoms with Gasteiger partial charge in [0.15, 0.2) is 0 Å². The highest BCUT2D eigenvalue weighted by atomic mass is 32.2. The lowest BCUT2D eigenvalue weighted by atomic mass is 10.2. The minimum absolute atomic E-state index is 0.111. The van der Waals surface area contributed by atoms with Crippen LogP contribution >= 0.6 is 11.8 Å². The third-order valence-corrected chi connectivity index (χ3v) is 3.91. The van der Waals surface area contributed by atoms with Crippen molar-refractivity contribution in [3.63, 3.8) is 0 Å². The summed E-state index contributed by atoms with van der Waals surface area (Å²) >= 11 is 1.51. The normalized spacial score (nSPS) is 12.5. The number of thioether (sulfide) groups is 1. The second-order valence-electron chi connectivity index (χ2n) is 4.26. The Kier molecular flexibility index (Phi) is 5.48. The van der Waals surface area contributed by atoms with Crippen molar-refractivity contribution < 1.29 is 8.81 Å². The van der Waals surface area contributed by atoms with Crippen LogP contribution in [0.4, 0.5) is 4.39 Å². The molecule has 102 valence electrons. The van der Waals surface area contributed by atoms with E-state index in [1.165, 1.54) is 17.8 Å². The van der Waals surface area contributed by atoms with Crippen LogP contribution in [-0.2, 0) is 0 Å². The van der Waals surface area contributed by atoms with E-state index in [0.29, 0.717) is 4.90 Å². The lowest BCUT2D eigenvalue weighted by molar-refractivity contribution is 0.435. The summed E-state index contributed by atoms with van der Waals surface area (Å²) in [5.74, 6) is 1.48. The van der Waals surface area contributed by atoms with Crippen molar-refractivity contribution in [2.45, 2.75) is 24.3 Å². The standard InChI is InChI=1S/C15H18FNOS/c1-2-9-17-13(14-7-5-10-18-14)11-19-15-8-4-3-6-12(15)16/h3-8,10,13,17H,2,9,11H2,1H3. The number of rotatable bonds is 7. The molecule has 1 N–H and O–H groups in total. The Morgan fingerprint density at radius 1 is 1.26 bits per heavy atom. The zero-order valence-corrected chi connectivity index (χ0v) is 11.8. The summed E-state index contributed by atoms with van der Waals surface area (Å²) in [7, 11) is 0. The van der Waals surface area contributed by atoms with Gasteiger partial charge in [-0.15, -0.1) is 11.8 Å². The van der Waals surface area contributed by atoms with E-state index in [0.717, 1.165) is 24.5 Å². The first-order valence-corrected chi connectivity index (χ1v) is 7.44. The molecule has 0 amide bonds. The van der Waals surface area contributed by atoms with Crippen LogP contribution in [0.2, 0.25) is 0 Å². The van der Waals surface area contributed by atoms with Gasteiger partial charge in [-0.1, -0.05) is 19.1 Å². The summed E-state index contributed by atoms with van der Waals surface area (Å²) in [6.45, 7) is 3.04. The first-order valence-electron chi connectivity index (χ1n) is 6.45. The molecule has 0 fully saturated rings. The van der Waals surface area contributed by atoms with E-state index in [-0.39, 0.29) is 11.9 Å². The van der Waals surface area contributed by atoms with E-state index in [1.807, 2.05) is 18.2 Å². The number of halogens is 1. The molecule has 1 aromatic carbocycles. The van der Waals surface area contributed by atoms with Crippen LogP contribution < -0.4 is 5.32 Å². The van der Waals surface area contributed by atoms with Gasteiger partial charge < -0.3 is 9.73 Å². The van der Waals surface area contributed by atoms with Crippen molar-refractivity contribution >= 4 is 11.8 Å². The molecule has 1 atom stereocenters. The lowest BCUT2D eigenvalue weighted by Crippen LogP contribution is -2.23. The molecule has 2 nitrogen and oxygen atoms in total. The van der Waals surface area contributed by atoms with E-state index in [4.69, 9.17) is 4.42 Å². The number of furan rings is 1. The molecule has 0 bridgehead atoms. The van der Waals surface area contributed by atoms with Crippen molar-refractivity contribution in [2.24, 2.45) is 0 Å². The molecule has 19 heavy (non-hydrogen) atoms. The number of nitrogens with one attached hydrogen (secondary N) is 1. The van der Waals surface area contributed by atoms with Crippen LogP contribution in [0.1, 0.15) is 25.1 Å². The van der Waals surface area contributed by atoms with E-state index >= 15 is 0 Å². The minimum Gasteiger partial charge on any atom is -0.468 e. The highest BCUT2D eigenvalue weighted by molar-refractivity contribution is 7.99. The van der Waals surface area contributed by atoms with Crippen molar-refractivity contribution in [3.05, 3.63) is 54.2 Å². The smallest absolute Gasteiger partial charge is 0.136 e. The maximum absolute atomic E-state index is 13.6. The second kappa shape index (κ2) is 7.36. The van der Waals surface area contributed by atoms with Crippen LogP contribution in [0.15, 0.2) is 52.0 Å². The molecule has 0 radical (unpaired) electrons. The largest absolute Gasteiger partial charge is 0.468 e. The fourth-order valence-electron chi connectivity index (χ4n) is 1.78. The van der Waals surface area contributed by atoms with E-state index < -0.39 is 0 Å². The molecule has 1 heterocycles. The zero-order chi connectivity index (χ0) is 13.5. The van der Waals surface area contributed by atoms with Gasteiger partial charge in [-0.25, -0.2) is 4.39 Å². The highest BCUT2D eigenvalue weighted by Crippen LogP contribution is 2.26. The van der Waals surface area contributed by atoms with Gasteiger partial charge in [0.1, 0.15) is 11.6 Å². The molecule has 1 aromatic heterocycles. The molecule has 2 aromatic rings. The van der Waals surface area contributed by atoms with Crippen LogP contribution in [0.5, 0.6) is 0 Å². The van der Waals surface area contributed by atoms with Gasteiger partial charge in [0, 0.05) is 10.6 Å². The third kappa shape index (κ3) is 4.11. The maximum atomic E-state index is 13.6. The van der Waals surface area contributed by atoms with Gasteiger partial charge in [-0.3, -0.25) is 0 Å². The molecule has 0 aliphatic heterocycles. The van der Waals surface area contributed by atoms with Crippen LogP contribution in [0.25, 0.3) is 0 Å².